The maximum absolute atomic E-state index is 12.7. The third kappa shape index (κ3) is 1.35. The van der Waals surface area contributed by atoms with Gasteiger partial charge in [0.05, 0.1) is 12.9 Å². The first-order chi connectivity index (χ1) is 9.38. The molecule has 3 aliphatic rings. The van der Waals surface area contributed by atoms with Gasteiger partial charge in [0.15, 0.2) is 23.6 Å². The van der Waals surface area contributed by atoms with E-state index in [4.69, 9.17) is 18.9 Å². The molecular weight excluding hydrogens is 264 g/mol. The molecule has 6 nitrogen and oxygen atoms in total. The topological polar surface area (TPSA) is 71.1 Å². The molecule has 0 radical (unpaired) electrons. The van der Waals surface area contributed by atoms with Gasteiger partial charge in [0.2, 0.25) is 11.6 Å². The molecule has 108 valence electrons. The number of ether oxygens (including phenoxy) is 4. The van der Waals surface area contributed by atoms with Gasteiger partial charge < -0.3 is 18.9 Å². The predicted octanol–water partition coefficient (Wildman–Crippen LogP) is 0.514. The first-order valence-electron chi connectivity index (χ1n) is 6.33. The highest BCUT2D eigenvalue weighted by molar-refractivity contribution is 6.08. The van der Waals surface area contributed by atoms with Crippen LogP contribution in [-0.4, -0.2) is 49.2 Å². The van der Waals surface area contributed by atoms with Crippen LogP contribution in [0.4, 0.5) is 0 Å². The van der Waals surface area contributed by atoms with Gasteiger partial charge in [-0.3, -0.25) is 9.59 Å². The van der Waals surface area contributed by atoms with Crippen LogP contribution in [0.3, 0.4) is 0 Å². The highest BCUT2D eigenvalue weighted by Crippen LogP contribution is 2.47. The summed E-state index contributed by atoms with van der Waals surface area (Å²) in [6.07, 6.45) is 1.11. The van der Waals surface area contributed by atoms with E-state index in [2.05, 4.69) is 0 Å². The van der Waals surface area contributed by atoms with E-state index in [9.17, 15) is 9.59 Å². The summed E-state index contributed by atoms with van der Waals surface area (Å²) >= 11 is 0. The van der Waals surface area contributed by atoms with E-state index in [1.165, 1.54) is 20.3 Å². The van der Waals surface area contributed by atoms with E-state index in [1.54, 1.807) is 19.9 Å². The molecule has 6 heteroatoms. The summed E-state index contributed by atoms with van der Waals surface area (Å²) in [5, 5.41) is 0. The molecule has 0 unspecified atom stereocenters. The van der Waals surface area contributed by atoms with E-state index < -0.39 is 23.4 Å². The zero-order valence-electron chi connectivity index (χ0n) is 11.8. The highest BCUT2D eigenvalue weighted by Gasteiger charge is 2.67. The van der Waals surface area contributed by atoms with Crippen molar-refractivity contribution in [1.29, 1.82) is 0 Å². The first kappa shape index (κ1) is 13.3. The van der Waals surface area contributed by atoms with Gasteiger partial charge in [0.25, 0.3) is 0 Å². The number of carbonyl (C=O) groups is 2. The number of Topliss-reactive ketones (excluding diaryl/α,β-unsaturated/α-hetero) is 2. The average Bonchev–Trinajstić information content (AvgIpc) is 2.42. The van der Waals surface area contributed by atoms with E-state index in [1.807, 2.05) is 0 Å². The Morgan fingerprint density at radius 2 is 1.90 bits per heavy atom. The van der Waals surface area contributed by atoms with Crippen LogP contribution in [0.2, 0.25) is 0 Å². The molecule has 20 heavy (non-hydrogen) atoms. The third-order valence-electron chi connectivity index (χ3n) is 4.18. The maximum atomic E-state index is 12.7. The Kier molecular flexibility index (Phi) is 2.62. The largest absolute Gasteiger partial charge is 0.493 e. The first-order valence-corrected chi connectivity index (χ1v) is 6.33. The average molecular weight is 280 g/mol. The van der Waals surface area contributed by atoms with Gasteiger partial charge in [-0.1, -0.05) is 0 Å². The summed E-state index contributed by atoms with van der Waals surface area (Å²) < 4.78 is 21.9. The molecule has 0 aromatic carbocycles. The molecule has 0 amide bonds. The minimum atomic E-state index is -1.30. The number of ketones is 2. The van der Waals surface area contributed by atoms with Gasteiger partial charge in [-0.05, 0) is 26.0 Å². The van der Waals surface area contributed by atoms with Crippen LogP contribution in [0.15, 0.2) is 23.7 Å². The molecule has 0 aromatic rings. The molecule has 0 spiro atoms. The number of allylic oxidation sites excluding steroid dienone is 1. The third-order valence-corrected chi connectivity index (χ3v) is 4.18. The summed E-state index contributed by atoms with van der Waals surface area (Å²) in [4.78, 5) is 24.9. The van der Waals surface area contributed by atoms with Crippen LogP contribution in [0.5, 0.6) is 0 Å². The predicted molar refractivity (Wildman–Crippen MR) is 66.8 cm³/mol. The summed E-state index contributed by atoms with van der Waals surface area (Å²) in [5.41, 5.74) is -2.41. The molecule has 0 saturated carbocycles. The summed E-state index contributed by atoms with van der Waals surface area (Å²) in [5.74, 6) is 0.0177. The Morgan fingerprint density at radius 1 is 1.20 bits per heavy atom. The van der Waals surface area contributed by atoms with Crippen molar-refractivity contribution in [2.45, 2.75) is 37.3 Å². The maximum Gasteiger partial charge on any atom is 0.230 e. The van der Waals surface area contributed by atoms with Crippen molar-refractivity contribution in [3.05, 3.63) is 23.7 Å². The molecule has 4 bridgehead atoms. The van der Waals surface area contributed by atoms with E-state index in [0.717, 1.165) is 0 Å². The molecule has 3 heterocycles. The molecule has 0 aromatic heterocycles. The fourth-order valence-electron chi connectivity index (χ4n) is 3.17. The zero-order valence-corrected chi connectivity index (χ0v) is 11.8. The second-order valence-electron chi connectivity index (χ2n) is 5.32. The Labute approximate surface area is 116 Å². The van der Waals surface area contributed by atoms with E-state index in [0.29, 0.717) is 5.76 Å². The molecule has 0 aliphatic carbocycles. The van der Waals surface area contributed by atoms with Crippen LogP contribution in [0.1, 0.15) is 13.8 Å². The minimum Gasteiger partial charge on any atom is -0.493 e. The van der Waals surface area contributed by atoms with Crippen molar-refractivity contribution in [2.75, 3.05) is 14.2 Å². The smallest absolute Gasteiger partial charge is 0.230 e. The van der Waals surface area contributed by atoms with Crippen molar-refractivity contribution in [3.63, 3.8) is 0 Å². The number of hydrogen-bond donors (Lipinski definition) is 0. The monoisotopic (exact) mass is 280 g/mol. The van der Waals surface area contributed by atoms with Crippen molar-refractivity contribution in [1.82, 2.24) is 0 Å². The molecular formula is C14H16O6. The standard InChI is InChI=1S/C14H16O6/c1-7-5-14(18-4)12(16)11(19-7)10-9(15)8(17-3)6-13(14,2)20-10/h5-6,10-11H,1-4H3/t10-,11+,13-,14-/m1/s1. The van der Waals surface area contributed by atoms with Gasteiger partial charge in [0, 0.05) is 7.11 Å². The lowest BCUT2D eigenvalue weighted by atomic mass is 9.70. The summed E-state index contributed by atoms with van der Waals surface area (Å²) in [6.45, 7) is 3.43. The van der Waals surface area contributed by atoms with Gasteiger partial charge in [-0.15, -0.1) is 0 Å². The number of hydrogen-bond acceptors (Lipinski definition) is 6. The Balaban J connectivity index is 2.27. The lowest BCUT2D eigenvalue weighted by molar-refractivity contribution is -0.235. The Hall–Kier alpha value is -1.66. The molecule has 3 aliphatic heterocycles. The minimum absolute atomic E-state index is 0.166. The van der Waals surface area contributed by atoms with Crippen LogP contribution in [-0.2, 0) is 28.5 Å². The lowest BCUT2D eigenvalue weighted by Gasteiger charge is -2.54. The van der Waals surface area contributed by atoms with E-state index in [-0.39, 0.29) is 17.3 Å². The highest BCUT2D eigenvalue weighted by atomic mass is 16.6. The Morgan fingerprint density at radius 3 is 2.50 bits per heavy atom. The number of rotatable bonds is 2. The van der Waals surface area contributed by atoms with Crippen molar-refractivity contribution >= 4 is 11.6 Å². The van der Waals surface area contributed by atoms with Crippen LogP contribution < -0.4 is 0 Å². The number of methoxy groups -OCH3 is 2. The van der Waals surface area contributed by atoms with Gasteiger partial charge in [0.1, 0.15) is 5.60 Å². The van der Waals surface area contributed by atoms with Crippen LogP contribution in [0.25, 0.3) is 0 Å². The normalized spacial score (nSPS) is 42.6. The lowest BCUT2D eigenvalue weighted by Crippen LogP contribution is -2.73. The Bertz CT molecular complexity index is 562. The SMILES string of the molecule is COC1=C[C@@]2(C)O[C@H](C1=O)[C@@H]1OC(C)=C[C@@]2(OC)C1=O. The van der Waals surface area contributed by atoms with E-state index >= 15 is 0 Å². The second kappa shape index (κ2) is 3.93. The van der Waals surface area contributed by atoms with Gasteiger partial charge >= 0.3 is 0 Å². The summed E-state index contributed by atoms with van der Waals surface area (Å²) in [6, 6.07) is 0. The molecule has 0 N–H and O–H groups in total. The second-order valence-corrected chi connectivity index (χ2v) is 5.32. The summed E-state index contributed by atoms with van der Waals surface area (Å²) in [7, 11) is 2.85. The quantitative estimate of drug-likeness (QED) is 0.734. The van der Waals surface area contributed by atoms with Crippen molar-refractivity contribution < 1.29 is 28.5 Å². The fourth-order valence-corrected chi connectivity index (χ4v) is 3.17. The zero-order chi connectivity index (χ0) is 14.7. The number of fused-ring (bicyclic) bond motifs is 6. The van der Waals surface area contributed by atoms with Crippen LogP contribution in [0, 0.1) is 0 Å². The fraction of sp³-hybridized carbons (Fsp3) is 0.571. The molecule has 4 atom stereocenters. The molecule has 1 saturated heterocycles. The molecule has 3 rings (SSSR count). The van der Waals surface area contributed by atoms with Gasteiger partial charge in [-0.2, -0.15) is 0 Å². The van der Waals surface area contributed by atoms with Crippen molar-refractivity contribution in [2.24, 2.45) is 0 Å². The van der Waals surface area contributed by atoms with Crippen molar-refractivity contribution in [3.8, 4) is 0 Å². The van der Waals surface area contributed by atoms with Crippen LogP contribution >= 0.6 is 0 Å². The number of carbonyl (C=O) groups excluding carboxylic acids is 2. The molecule has 1 fully saturated rings. The van der Waals surface area contributed by atoms with Gasteiger partial charge in [-0.25, -0.2) is 0 Å².